The van der Waals surface area contributed by atoms with Crippen molar-refractivity contribution in [3.63, 3.8) is 0 Å². The number of carbonyl (C=O) groups excluding carboxylic acids is 1. The second-order valence-electron chi connectivity index (χ2n) is 9.23. The van der Waals surface area contributed by atoms with Gasteiger partial charge in [-0.3, -0.25) is 9.69 Å². The van der Waals surface area contributed by atoms with Crippen LogP contribution in [0.1, 0.15) is 37.6 Å². The van der Waals surface area contributed by atoms with Crippen LogP contribution in [0, 0.1) is 5.41 Å². The van der Waals surface area contributed by atoms with Crippen molar-refractivity contribution >= 4 is 5.97 Å². The zero-order valence-electron chi connectivity index (χ0n) is 19.3. The molecule has 0 amide bonds. The zero-order valence-corrected chi connectivity index (χ0v) is 19.3. The number of hydrogen-bond donors (Lipinski definition) is 0. The maximum Gasteiger partial charge on any atom is 0.313 e. The van der Waals surface area contributed by atoms with Crippen molar-refractivity contribution in [1.82, 2.24) is 14.7 Å². The Labute approximate surface area is 189 Å². The van der Waals surface area contributed by atoms with Gasteiger partial charge in [-0.05, 0) is 44.9 Å². The summed E-state index contributed by atoms with van der Waals surface area (Å²) in [5, 5.41) is 4.90. The first kappa shape index (κ1) is 22.1. The van der Waals surface area contributed by atoms with Crippen molar-refractivity contribution in [2.75, 3.05) is 13.7 Å². The molecule has 6 heteroatoms. The molecule has 6 nitrogen and oxygen atoms in total. The highest BCUT2D eigenvalue weighted by molar-refractivity contribution is 5.75. The van der Waals surface area contributed by atoms with Crippen LogP contribution in [-0.4, -0.2) is 34.3 Å². The summed E-state index contributed by atoms with van der Waals surface area (Å²) in [4.78, 5) is 14.8. The summed E-state index contributed by atoms with van der Waals surface area (Å²) in [5.74, 6) is 0.552. The van der Waals surface area contributed by atoms with Gasteiger partial charge in [0.25, 0.3) is 0 Å². The fourth-order valence-corrected chi connectivity index (χ4v) is 4.01. The van der Waals surface area contributed by atoms with E-state index in [9.17, 15) is 4.79 Å². The van der Waals surface area contributed by atoms with Gasteiger partial charge in [0, 0.05) is 30.8 Å². The lowest BCUT2D eigenvalue weighted by Gasteiger charge is -2.28. The van der Waals surface area contributed by atoms with Gasteiger partial charge in [0.1, 0.15) is 5.75 Å². The molecular weight excluding hydrogens is 402 g/mol. The van der Waals surface area contributed by atoms with Crippen LogP contribution in [0.2, 0.25) is 0 Å². The van der Waals surface area contributed by atoms with E-state index in [4.69, 9.17) is 14.6 Å². The van der Waals surface area contributed by atoms with E-state index in [-0.39, 0.29) is 12.7 Å². The molecule has 1 aliphatic rings. The number of esters is 1. The number of aromatic nitrogens is 2. The lowest BCUT2D eigenvalue weighted by Crippen LogP contribution is -2.32. The largest absolute Gasteiger partial charge is 0.496 e. The minimum Gasteiger partial charge on any atom is -0.496 e. The molecule has 0 saturated carbocycles. The van der Waals surface area contributed by atoms with E-state index in [2.05, 4.69) is 29.2 Å². The Balaban J connectivity index is 1.66. The van der Waals surface area contributed by atoms with Crippen LogP contribution in [0.4, 0.5) is 0 Å². The summed E-state index contributed by atoms with van der Waals surface area (Å²) in [6.45, 7) is 8.24. The van der Waals surface area contributed by atoms with Crippen molar-refractivity contribution in [3.05, 3.63) is 71.4 Å². The Morgan fingerprint density at radius 2 is 1.78 bits per heavy atom. The molecule has 0 bridgehead atoms. The second-order valence-corrected chi connectivity index (χ2v) is 9.23. The second kappa shape index (κ2) is 9.17. The lowest BCUT2D eigenvalue weighted by atomic mass is 9.97. The monoisotopic (exact) mass is 433 g/mol. The van der Waals surface area contributed by atoms with Crippen molar-refractivity contribution in [2.24, 2.45) is 5.41 Å². The molecule has 0 N–H and O–H groups in total. The average Bonchev–Trinajstić information content (AvgIpc) is 3.15. The highest BCUT2D eigenvalue weighted by Crippen LogP contribution is 2.35. The standard InChI is InChI=1S/C26H31N3O3/c1-26(2,3)25(30)32-18-29-22-17-28(16-19-10-6-5-7-11-19)15-14-20(22)24(27-29)21-12-8-9-13-23(21)31-4/h5-13H,14-18H2,1-4H3. The highest BCUT2D eigenvalue weighted by atomic mass is 16.5. The molecule has 1 aromatic heterocycles. The summed E-state index contributed by atoms with van der Waals surface area (Å²) in [6.07, 6.45) is 0.878. The Kier molecular flexibility index (Phi) is 6.33. The van der Waals surface area contributed by atoms with Crippen molar-refractivity contribution in [3.8, 4) is 17.0 Å². The quantitative estimate of drug-likeness (QED) is 0.529. The van der Waals surface area contributed by atoms with Gasteiger partial charge in [-0.1, -0.05) is 42.5 Å². The maximum atomic E-state index is 12.4. The van der Waals surface area contributed by atoms with Crippen LogP contribution in [0.25, 0.3) is 11.3 Å². The van der Waals surface area contributed by atoms with E-state index in [1.165, 1.54) is 11.1 Å². The first-order chi connectivity index (χ1) is 15.4. The van der Waals surface area contributed by atoms with Crippen molar-refractivity contribution in [1.29, 1.82) is 0 Å². The summed E-state index contributed by atoms with van der Waals surface area (Å²) in [7, 11) is 1.68. The number of fused-ring (bicyclic) bond motifs is 1. The van der Waals surface area contributed by atoms with Crippen LogP contribution in [0.3, 0.4) is 0 Å². The Bertz CT molecular complexity index is 1080. The smallest absolute Gasteiger partial charge is 0.313 e. The van der Waals surface area contributed by atoms with Crippen LogP contribution >= 0.6 is 0 Å². The minimum absolute atomic E-state index is 0.104. The molecule has 4 rings (SSSR count). The normalized spacial score (nSPS) is 14.1. The zero-order chi connectivity index (χ0) is 22.7. The fourth-order valence-electron chi connectivity index (χ4n) is 4.01. The summed E-state index contributed by atoms with van der Waals surface area (Å²) >= 11 is 0. The SMILES string of the molecule is COc1ccccc1-c1nn(COC(=O)C(C)(C)C)c2c1CCN(Cc1ccccc1)C2. The van der Waals surface area contributed by atoms with E-state index in [0.29, 0.717) is 0 Å². The summed E-state index contributed by atoms with van der Waals surface area (Å²) in [6, 6.07) is 18.4. The van der Waals surface area contributed by atoms with Gasteiger partial charge in [0.2, 0.25) is 0 Å². The van der Waals surface area contributed by atoms with Crippen molar-refractivity contribution in [2.45, 2.75) is 47.0 Å². The van der Waals surface area contributed by atoms with Crippen LogP contribution < -0.4 is 4.74 Å². The van der Waals surface area contributed by atoms with Crippen LogP contribution in [0.15, 0.2) is 54.6 Å². The molecule has 3 aromatic rings. The molecule has 0 aliphatic carbocycles. The van der Waals surface area contributed by atoms with Gasteiger partial charge >= 0.3 is 5.97 Å². The summed E-state index contributed by atoms with van der Waals surface area (Å²) in [5.41, 5.74) is 4.89. The van der Waals surface area contributed by atoms with Gasteiger partial charge in [0.15, 0.2) is 6.73 Å². The van der Waals surface area contributed by atoms with Gasteiger partial charge in [-0.25, -0.2) is 4.68 Å². The maximum absolute atomic E-state index is 12.4. The summed E-state index contributed by atoms with van der Waals surface area (Å²) < 4.78 is 13.1. The third-order valence-corrected chi connectivity index (χ3v) is 5.76. The van der Waals surface area contributed by atoms with E-state index >= 15 is 0 Å². The molecule has 0 unspecified atom stereocenters. The molecule has 32 heavy (non-hydrogen) atoms. The first-order valence-corrected chi connectivity index (χ1v) is 11.0. The average molecular weight is 434 g/mol. The lowest BCUT2D eigenvalue weighted by molar-refractivity contribution is -0.157. The number of nitrogens with zero attached hydrogens (tertiary/aromatic N) is 3. The molecule has 0 saturated heterocycles. The predicted octanol–water partition coefficient (Wildman–Crippen LogP) is 4.66. The minimum atomic E-state index is -0.558. The molecule has 2 aromatic carbocycles. The van der Waals surface area contributed by atoms with Gasteiger partial charge in [0.05, 0.1) is 23.9 Å². The molecular formula is C26H31N3O3. The van der Waals surface area contributed by atoms with E-state index in [1.807, 2.05) is 55.8 Å². The predicted molar refractivity (Wildman–Crippen MR) is 124 cm³/mol. The molecule has 0 spiro atoms. The van der Waals surface area contributed by atoms with E-state index in [1.54, 1.807) is 7.11 Å². The molecule has 2 heterocycles. The number of methoxy groups -OCH3 is 1. The van der Waals surface area contributed by atoms with Crippen LogP contribution in [-0.2, 0) is 35.8 Å². The number of benzene rings is 2. The molecule has 0 fully saturated rings. The van der Waals surface area contributed by atoms with Crippen LogP contribution in [0.5, 0.6) is 5.75 Å². The van der Waals surface area contributed by atoms with Gasteiger partial charge < -0.3 is 9.47 Å². The molecule has 168 valence electrons. The Hall–Kier alpha value is -3.12. The fraction of sp³-hybridized carbons (Fsp3) is 0.385. The number of ether oxygens (including phenoxy) is 2. The van der Waals surface area contributed by atoms with Crippen molar-refractivity contribution < 1.29 is 14.3 Å². The Morgan fingerprint density at radius 3 is 2.50 bits per heavy atom. The third-order valence-electron chi connectivity index (χ3n) is 5.76. The Morgan fingerprint density at radius 1 is 1.06 bits per heavy atom. The van der Waals surface area contributed by atoms with E-state index < -0.39 is 5.41 Å². The first-order valence-electron chi connectivity index (χ1n) is 11.0. The van der Waals surface area contributed by atoms with Gasteiger partial charge in [-0.2, -0.15) is 5.10 Å². The van der Waals surface area contributed by atoms with E-state index in [0.717, 1.165) is 48.8 Å². The number of hydrogen-bond acceptors (Lipinski definition) is 5. The molecule has 0 atom stereocenters. The number of para-hydroxylation sites is 1. The molecule has 1 aliphatic heterocycles. The number of carbonyl (C=O) groups is 1. The molecule has 0 radical (unpaired) electrons. The van der Waals surface area contributed by atoms with Gasteiger partial charge in [-0.15, -0.1) is 0 Å². The topological polar surface area (TPSA) is 56.6 Å². The number of rotatable bonds is 6. The highest BCUT2D eigenvalue weighted by Gasteiger charge is 2.28. The third kappa shape index (κ3) is 4.70.